The molecular formula is C11H19NO6. The second-order valence-electron chi connectivity index (χ2n) is 3.98. The predicted molar refractivity (Wildman–Crippen MR) is 61.9 cm³/mol. The fraction of sp³-hybridized carbons (Fsp3) is 0.727. The zero-order valence-corrected chi connectivity index (χ0v) is 10.3. The van der Waals surface area contributed by atoms with E-state index < -0.39 is 18.0 Å². The number of ether oxygens (including phenoxy) is 1. The lowest BCUT2D eigenvalue weighted by atomic mass is 9.82. The normalized spacial score (nSPS) is 22.3. The molecule has 1 aliphatic carbocycles. The molecule has 0 radical (unpaired) electrons. The molecule has 0 heterocycles. The highest BCUT2D eigenvalue weighted by Crippen LogP contribution is 2.28. The average molecular weight is 261 g/mol. The number of carboxylic acids is 2. The number of hydrogen-bond donors (Lipinski definition) is 3. The van der Waals surface area contributed by atoms with Gasteiger partial charge in [0.2, 0.25) is 0 Å². The van der Waals surface area contributed by atoms with Crippen LogP contribution in [-0.2, 0) is 14.3 Å². The standard InChI is InChI=1S/C8H12O4.C3H7NO2/c9-7(10)5-1-2-6(4-3-5)8(11)12;1-2-6-3(4)5/h5-6H,1-4H2,(H,9,10)(H,11,12);2H2,1H3,(H2,4,5). The third-order valence-electron chi connectivity index (χ3n) is 2.71. The lowest BCUT2D eigenvalue weighted by Crippen LogP contribution is -2.25. The minimum Gasteiger partial charge on any atom is -0.481 e. The minimum atomic E-state index is -0.793. The Morgan fingerprint density at radius 1 is 1.06 bits per heavy atom. The molecule has 0 bridgehead atoms. The highest BCUT2D eigenvalue weighted by molar-refractivity contribution is 5.72. The van der Waals surface area contributed by atoms with Crippen molar-refractivity contribution in [2.45, 2.75) is 32.6 Å². The molecule has 104 valence electrons. The van der Waals surface area contributed by atoms with Gasteiger partial charge in [0.05, 0.1) is 18.4 Å². The molecule has 1 saturated carbocycles. The minimum absolute atomic E-state index is 0.319. The molecule has 0 saturated heterocycles. The third kappa shape index (κ3) is 6.72. The van der Waals surface area contributed by atoms with Gasteiger partial charge in [-0.1, -0.05) is 0 Å². The van der Waals surface area contributed by atoms with Gasteiger partial charge in [0.25, 0.3) is 0 Å². The van der Waals surface area contributed by atoms with Crippen LogP contribution in [0.5, 0.6) is 0 Å². The van der Waals surface area contributed by atoms with E-state index in [1.807, 2.05) is 0 Å². The molecule has 0 spiro atoms. The van der Waals surface area contributed by atoms with Gasteiger partial charge in [-0.2, -0.15) is 0 Å². The van der Waals surface area contributed by atoms with Gasteiger partial charge in [0.15, 0.2) is 0 Å². The first kappa shape index (κ1) is 16.2. The molecule has 7 nitrogen and oxygen atoms in total. The topological polar surface area (TPSA) is 127 Å². The molecular weight excluding hydrogens is 242 g/mol. The molecule has 7 heteroatoms. The van der Waals surface area contributed by atoms with E-state index in [-0.39, 0.29) is 11.8 Å². The summed E-state index contributed by atoms with van der Waals surface area (Å²) in [5.74, 6) is -2.22. The molecule has 4 N–H and O–H groups in total. The Hall–Kier alpha value is -1.79. The Balaban J connectivity index is 0.000000411. The van der Waals surface area contributed by atoms with Gasteiger partial charge in [-0.25, -0.2) is 4.79 Å². The average Bonchev–Trinajstić information content (AvgIpc) is 2.29. The molecule has 0 aliphatic heterocycles. The number of aliphatic carboxylic acids is 2. The van der Waals surface area contributed by atoms with Gasteiger partial charge in [-0.3, -0.25) is 9.59 Å². The van der Waals surface area contributed by atoms with E-state index in [0.717, 1.165) is 0 Å². The summed E-state index contributed by atoms with van der Waals surface area (Å²) in [4.78, 5) is 30.6. The van der Waals surface area contributed by atoms with Gasteiger partial charge in [-0.05, 0) is 32.6 Å². The van der Waals surface area contributed by atoms with Gasteiger partial charge in [-0.15, -0.1) is 0 Å². The molecule has 0 aromatic rings. The second kappa shape index (κ2) is 8.32. The summed E-state index contributed by atoms with van der Waals surface area (Å²) < 4.78 is 4.18. The van der Waals surface area contributed by atoms with Crippen LogP contribution in [0.15, 0.2) is 0 Å². The summed E-state index contributed by atoms with van der Waals surface area (Å²) in [7, 11) is 0. The number of carbonyl (C=O) groups is 3. The van der Waals surface area contributed by atoms with E-state index in [1.54, 1.807) is 6.92 Å². The summed E-state index contributed by atoms with van der Waals surface area (Å²) in [5.41, 5.74) is 4.54. The molecule has 0 aromatic carbocycles. The number of nitrogens with two attached hydrogens (primary N) is 1. The van der Waals surface area contributed by atoms with Crippen molar-refractivity contribution in [3.8, 4) is 0 Å². The molecule has 0 unspecified atom stereocenters. The van der Waals surface area contributed by atoms with Crippen LogP contribution in [-0.4, -0.2) is 34.9 Å². The SMILES string of the molecule is CCOC(N)=O.O=C(O)C1CCC(C(=O)O)CC1. The first-order valence-electron chi connectivity index (χ1n) is 5.76. The van der Waals surface area contributed by atoms with Crippen LogP contribution in [0.1, 0.15) is 32.6 Å². The molecule has 0 aromatic heterocycles. The lowest BCUT2D eigenvalue weighted by molar-refractivity contribution is -0.148. The van der Waals surface area contributed by atoms with E-state index in [2.05, 4.69) is 10.5 Å². The van der Waals surface area contributed by atoms with Gasteiger partial charge < -0.3 is 20.7 Å². The Labute approximate surface area is 105 Å². The van der Waals surface area contributed by atoms with E-state index in [9.17, 15) is 14.4 Å². The predicted octanol–water partition coefficient (Wildman–Crippen LogP) is 1.06. The van der Waals surface area contributed by atoms with Crippen LogP contribution in [0.25, 0.3) is 0 Å². The first-order chi connectivity index (χ1) is 8.38. The van der Waals surface area contributed by atoms with Crippen molar-refractivity contribution in [1.82, 2.24) is 0 Å². The zero-order valence-electron chi connectivity index (χ0n) is 10.3. The molecule has 1 rings (SSSR count). The summed E-state index contributed by atoms with van der Waals surface area (Å²) in [5, 5.41) is 17.2. The quantitative estimate of drug-likeness (QED) is 0.697. The van der Waals surface area contributed by atoms with Gasteiger partial charge in [0, 0.05) is 0 Å². The van der Waals surface area contributed by atoms with Gasteiger partial charge >= 0.3 is 18.0 Å². The summed E-state index contributed by atoms with van der Waals surface area (Å²) >= 11 is 0. The Bertz CT molecular complexity index is 274. The molecule has 1 fully saturated rings. The van der Waals surface area contributed by atoms with Crippen LogP contribution in [0, 0.1) is 11.8 Å². The van der Waals surface area contributed by atoms with Crippen molar-refractivity contribution < 1.29 is 29.3 Å². The number of amides is 1. The Kier molecular flexibility index (Phi) is 7.50. The van der Waals surface area contributed by atoms with Crippen LogP contribution in [0.4, 0.5) is 4.79 Å². The Morgan fingerprint density at radius 2 is 1.39 bits per heavy atom. The van der Waals surface area contributed by atoms with Crippen molar-refractivity contribution in [3.05, 3.63) is 0 Å². The van der Waals surface area contributed by atoms with Gasteiger partial charge in [0.1, 0.15) is 0 Å². The zero-order chi connectivity index (χ0) is 14.1. The number of hydrogen-bond acceptors (Lipinski definition) is 4. The molecule has 0 atom stereocenters. The van der Waals surface area contributed by atoms with Crippen LogP contribution < -0.4 is 5.73 Å². The highest BCUT2D eigenvalue weighted by Gasteiger charge is 2.29. The number of primary amides is 1. The fourth-order valence-electron chi connectivity index (χ4n) is 1.73. The smallest absolute Gasteiger partial charge is 0.404 e. The number of carboxylic acid groups (broad SMARTS) is 2. The lowest BCUT2D eigenvalue weighted by Gasteiger charge is -2.22. The van der Waals surface area contributed by atoms with Crippen molar-refractivity contribution in [3.63, 3.8) is 0 Å². The summed E-state index contributed by atoms with van der Waals surface area (Å²) in [6.07, 6.45) is 1.31. The van der Waals surface area contributed by atoms with Crippen molar-refractivity contribution in [1.29, 1.82) is 0 Å². The van der Waals surface area contributed by atoms with E-state index in [4.69, 9.17) is 10.2 Å². The number of rotatable bonds is 3. The van der Waals surface area contributed by atoms with E-state index in [1.165, 1.54) is 0 Å². The monoisotopic (exact) mass is 261 g/mol. The molecule has 1 aliphatic rings. The largest absolute Gasteiger partial charge is 0.481 e. The van der Waals surface area contributed by atoms with Crippen molar-refractivity contribution in [2.24, 2.45) is 17.6 Å². The second-order valence-corrected chi connectivity index (χ2v) is 3.98. The first-order valence-corrected chi connectivity index (χ1v) is 5.76. The van der Waals surface area contributed by atoms with Crippen LogP contribution >= 0.6 is 0 Å². The maximum Gasteiger partial charge on any atom is 0.404 e. The van der Waals surface area contributed by atoms with Crippen molar-refractivity contribution in [2.75, 3.05) is 6.61 Å². The summed E-state index contributed by atoms with van der Waals surface area (Å²) in [6, 6.07) is 0. The molecule has 1 amide bonds. The Morgan fingerprint density at radius 3 is 1.50 bits per heavy atom. The summed E-state index contributed by atoms with van der Waals surface area (Å²) in [6.45, 7) is 2.06. The van der Waals surface area contributed by atoms with E-state index >= 15 is 0 Å². The maximum absolute atomic E-state index is 10.5. The molecule has 18 heavy (non-hydrogen) atoms. The van der Waals surface area contributed by atoms with Crippen LogP contribution in [0.2, 0.25) is 0 Å². The number of carbonyl (C=O) groups excluding carboxylic acids is 1. The van der Waals surface area contributed by atoms with Crippen LogP contribution in [0.3, 0.4) is 0 Å². The fourth-order valence-corrected chi connectivity index (χ4v) is 1.73. The highest BCUT2D eigenvalue weighted by atomic mass is 16.5. The van der Waals surface area contributed by atoms with E-state index in [0.29, 0.717) is 32.3 Å². The maximum atomic E-state index is 10.5. The van der Waals surface area contributed by atoms with Crippen molar-refractivity contribution >= 4 is 18.0 Å². The third-order valence-corrected chi connectivity index (χ3v) is 2.71.